The zero-order valence-corrected chi connectivity index (χ0v) is 14.6. The first-order chi connectivity index (χ1) is 11.6. The van der Waals surface area contributed by atoms with Gasteiger partial charge in [-0.25, -0.2) is 9.13 Å². The number of H-pyrrole nitrogens is 1. The van der Waals surface area contributed by atoms with Crippen molar-refractivity contribution in [3.63, 3.8) is 0 Å². The van der Waals surface area contributed by atoms with Gasteiger partial charge in [0.25, 0.3) is 11.5 Å². The number of fused-ring (bicyclic) bond motifs is 1. The highest BCUT2D eigenvalue weighted by Gasteiger charge is 2.34. The van der Waals surface area contributed by atoms with Crippen molar-refractivity contribution in [1.29, 1.82) is 0 Å². The van der Waals surface area contributed by atoms with Crippen molar-refractivity contribution in [3.8, 4) is 0 Å². The maximum absolute atomic E-state index is 12.1. The molecule has 5 N–H and O–H groups in total. The highest BCUT2D eigenvalue weighted by atomic mass is 31.2. The fourth-order valence-electron chi connectivity index (χ4n) is 2.90. The van der Waals surface area contributed by atoms with Crippen molar-refractivity contribution in [3.05, 3.63) is 16.7 Å². The molecule has 138 valence electrons. The molecule has 25 heavy (non-hydrogen) atoms. The topological polar surface area (TPSA) is 160 Å². The summed E-state index contributed by atoms with van der Waals surface area (Å²) in [5, 5.41) is 0. The number of hydrogen-bond acceptors (Lipinski definition) is 7. The molecule has 1 fully saturated rings. The van der Waals surface area contributed by atoms with Gasteiger partial charge in [-0.15, -0.1) is 0 Å². The third-order valence-corrected chi connectivity index (χ3v) is 4.35. The Bertz CT molecular complexity index is 890. The van der Waals surface area contributed by atoms with Crippen molar-refractivity contribution in [1.82, 2.24) is 19.4 Å². The van der Waals surface area contributed by atoms with Crippen LogP contribution < -0.4 is 15.9 Å². The monoisotopic (exact) mass is 375 g/mol. The van der Waals surface area contributed by atoms with Crippen LogP contribution in [0.4, 0.5) is 5.95 Å². The van der Waals surface area contributed by atoms with E-state index in [0.717, 1.165) is 0 Å². The van der Waals surface area contributed by atoms with E-state index in [4.69, 9.17) is 20.3 Å². The van der Waals surface area contributed by atoms with Crippen molar-refractivity contribution in [2.24, 2.45) is 7.05 Å². The predicted octanol–water partition coefficient (Wildman–Crippen LogP) is -1.93. The second kappa shape index (κ2) is 6.48. The zero-order valence-electron chi connectivity index (χ0n) is 13.7. The summed E-state index contributed by atoms with van der Waals surface area (Å²) in [4.78, 5) is 38.4. The lowest BCUT2D eigenvalue weighted by molar-refractivity contribution is -0.747. The molecular weight excluding hydrogens is 355 g/mol. The molecule has 13 heteroatoms. The molecule has 0 unspecified atom stereocenters. The summed E-state index contributed by atoms with van der Waals surface area (Å²) in [5.74, 6) is -0.0111. The quantitative estimate of drug-likeness (QED) is 0.352. The number of morpholine rings is 1. The van der Waals surface area contributed by atoms with Gasteiger partial charge in [0.15, 0.2) is 12.6 Å². The van der Waals surface area contributed by atoms with Gasteiger partial charge >= 0.3 is 13.5 Å². The smallest absolute Gasteiger partial charge is 0.355 e. The predicted molar refractivity (Wildman–Crippen MR) is 85.3 cm³/mol. The Morgan fingerprint density at radius 1 is 1.52 bits per heavy atom. The third kappa shape index (κ3) is 3.89. The van der Waals surface area contributed by atoms with Crippen LogP contribution in [0.5, 0.6) is 0 Å². The number of nitrogens with two attached hydrogens (primary N) is 1. The molecule has 1 aliphatic rings. The summed E-state index contributed by atoms with van der Waals surface area (Å²) in [6.07, 6.45) is 0.580. The van der Waals surface area contributed by atoms with E-state index >= 15 is 0 Å². The number of aromatic amines is 1. The molecule has 1 aliphatic heterocycles. The number of rotatable bonds is 4. The second-order valence-electron chi connectivity index (χ2n) is 5.98. The standard InChI is InChI=1S/C12H19N6O6P/c1-16-3-7(5-23-25(20,21)22)24-8(4-16)18-6-17(2)9-10(18)14-12(13)15-11(9)19/h6-8H,3-5H2,1-2H3,(H4-,13,14,15,19,20,21,22)/p+1/t7-,8+/m0/s1. The van der Waals surface area contributed by atoms with Crippen LogP contribution in [0.25, 0.3) is 11.2 Å². The van der Waals surface area contributed by atoms with E-state index in [0.29, 0.717) is 24.3 Å². The van der Waals surface area contributed by atoms with Crippen LogP contribution in [0.2, 0.25) is 0 Å². The van der Waals surface area contributed by atoms with Crippen LogP contribution in [-0.2, 0) is 20.9 Å². The van der Waals surface area contributed by atoms with Crippen molar-refractivity contribution in [2.45, 2.75) is 12.3 Å². The molecule has 12 nitrogen and oxygen atoms in total. The van der Waals surface area contributed by atoms with Gasteiger partial charge in [0.1, 0.15) is 0 Å². The first-order valence-corrected chi connectivity index (χ1v) is 8.97. The number of imidazole rings is 1. The van der Waals surface area contributed by atoms with Gasteiger partial charge in [0.2, 0.25) is 5.52 Å². The number of nitrogens with one attached hydrogen (secondary N) is 1. The molecule has 2 aromatic rings. The van der Waals surface area contributed by atoms with E-state index in [-0.39, 0.29) is 18.1 Å². The summed E-state index contributed by atoms with van der Waals surface area (Å²) in [7, 11) is -1.03. The number of likely N-dealkylation sites (N-methyl/N-ethyl adjacent to an activating group) is 1. The van der Waals surface area contributed by atoms with Crippen LogP contribution in [-0.4, -0.2) is 62.1 Å². The molecule has 0 bridgehead atoms. The molecule has 3 rings (SSSR count). The molecule has 2 atom stereocenters. The van der Waals surface area contributed by atoms with E-state index in [1.54, 1.807) is 22.5 Å². The number of anilines is 1. The average molecular weight is 375 g/mol. The van der Waals surface area contributed by atoms with Crippen molar-refractivity contribution in [2.75, 3.05) is 32.5 Å². The Morgan fingerprint density at radius 2 is 2.24 bits per heavy atom. The number of phosphoric acid groups is 1. The minimum atomic E-state index is -4.58. The number of phosphoric ester groups is 1. The fraction of sp³-hybridized carbons (Fsp3) is 0.583. The molecule has 2 aromatic heterocycles. The molecule has 3 heterocycles. The van der Waals surface area contributed by atoms with Gasteiger partial charge in [-0.3, -0.25) is 23.8 Å². The Kier molecular flexibility index (Phi) is 4.66. The van der Waals surface area contributed by atoms with Crippen LogP contribution >= 0.6 is 7.82 Å². The number of nitrogen functional groups attached to an aromatic ring is 1. The van der Waals surface area contributed by atoms with E-state index in [1.165, 1.54) is 0 Å². The molecule has 0 radical (unpaired) electrons. The molecule has 1 saturated heterocycles. The van der Waals surface area contributed by atoms with Gasteiger partial charge in [-0.1, -0.05) is 4.98 Å². The summed E-state index contributed by atoms with van der Waals surface area (Å²) in [6, 6.07) is 0. The lowest BCUT2D eigenvalue weighted by atomic mass is 10.3. The van der Waals surface area contributed by atoms with Gasteiger partial charge in [-0.2, -0.15) is 0 Å². The Labute approximate surface area is 142 Å². The van der Waals surface area contributed by atoms with Crippen molar-refractivity contribution >= 4 is 24.9 Å². The highest BCUT2D eigenvalue weighted by Crippen LogP contribution is 2.36. The number of aryl methyl sites for hydroxylation is 1. The van der Waals surface area contributed by atoms with E-state index in [1.807, 2.05) is 11.9 Å². The molecule has 0 aliphatic carbocycles. The SMILES string of the molecule is CN1C[C@@H](COP(=O)(O)O)O[C@@H]([n+]2cn(C)c3c(=O)[nH]c(N)nc32)C1. The lowest BCUT2D eigenvalue weighted by Gasteiger charge is -2.34. The Morgan fingerprint density at radius 3 is 2.92 bits per heavy atom. The Hall–Kier alpha value is -1.82. The number of ether oxygens (including phenoxy) is 1. The maximum Gasteiger partial charge on any atom is 0.469 e. The van der Waals surface area contributed by atoms with E-state index in [9.17, 15) is 9.36 Å². The largest absolute Gasteiger partial charge is 0.469 e. The van der Waals surface area contributed by atoms with Crippen LogP contribution in [0.1, 0.15) is 6.23 Å². The van der Waals surface area contributed by atoms with Crippen LogP contribution in [0.3, 0.4) is 0 Å². The summed E-state index contributed by atoms with van der Waals surface area (Å²) >= 11 is 0. The zero-order chi connectivity index (χ0) is 18.4. The summed E-state index contributed by atoms with van der Waals surface area (Å²) in [5.41, 5.74) is 5.97. The molecular formula is C12H20N6O6P+. The van der Waals surface area contributed by atoms with Gasteiger partial charge < -0.3 is 20.3 Å². The maximum atomic E-state index is 12.1. The fourth-order valence-corrected chi connectivity index (χ4v) is 3.26. The lowest BCUT2D eigenvalue weighted by Crippen LogP contribution is -2.54. The minimum absolute atomic E-state index is 0.0111. The van der Waals surface area contributed by atoms with E-state index < -0.39 is 20.2 Å². The average Bonchev–Trinajstić information content (AvgIpc) is 2.81. The van der Waals surface area contributed by atoms with Gasteiger partial charge in [-0.05, 0) is 7.05 Å². The number of aromatic nitrogens is 4. The minimum Gasteiger partial charge on any atom is -0.355 e. The molecule has 0 aromatic carbocycles. The number of hydrogen-bond donors (Lipinski definition) is 4. The normalized spacial score (nSPS) is 22.6. The molecule has 0 saturated carbocycles. The van der Waals surface area contributed by atoms with E-state index in [2.05, 4.69) is 14.5 Å². The first-order valence-electron chi connectivity index (χ1n) is 7.44. The van der Waals surface area contributed by atoms with Gasteiger partial charge in [0.05, 0.1) is 26.3 Å². The summed E-state index contributed by atoms with van der Waals surface area (Å²) in [6.45, 7) is 0.676. The van der Waals surface area contributed by atoms with Gasteiger partial charge in [0, 0.05) is 6.54 Å². The number of nitrogens with zero attached hydrogens (tertiary/aromatic N) is 4. The Balaban J connectivity index is 1.92. The van der Waals surface area contributed by atoms with Crippen molar-refractivity contribution < 1.29 is 28.2 Å². The molecule has 0 spiro atoms. The van der Waals surface area contributed by atoms with Crippen LogP contribution in [0, 0.1) is 0 Å². The first kappa shape index (κ1) is 18.0. The highest BCUT2D eigenvalue weighted by molar-refractivity contribution is 7.46. The summed E-state index contributed by atoms with van der Waals surface area (Å²) < 4.78 is 24.6. The second-order valence-corrected chi connectivity index (χ2v) is 7.22. The van der Waals surface area contributed by atoms with Crippen LogP contribution in [0.15, 0.2) is 11.1 Å². The molecule has 0 amide bonds. The third-order valence-electron chi connectivity index (χ3n) is 3.86.